The van der Waals surface area contributed by atoms with Gasteiger partial charge in [-0.15, -0.1) is 17.9 Å². The Balaban J connectivity index is 0.000000194. The van der Waals surface area contributed by atoms with Gasteiger partial charge in [-0.2, -0.15) is 0 Å². The lowest BCUT2D eigenvalue weighted by molar-refractivity contribution is -0.147. The van der Waals surface area contributed by atoms with E-state index in [1.807, 2.05) is 54.8 Å². The van der Waals surface area contributed by atoms with Crippen molar-refractivity contribution in [1.82, 2.24) is 25.5 Å². The molecule has 6 rings (SSSR count). The minimum absolute atomic E-state index is 0.00389. The summed E-state index contributed by atoms with van der Waals surface area (Å²) in [6.07, 6.45) is 9.75. The van der Waals surface area contributed by atoms with Gasteiger partial charge >= 0.3 is 0 Å². The molecule has 296 valence electrons. The van der Waals surface area contributed by atoms with Crippen molar-refractivity contribution in [2.45, 2.75) is 103 Å². The first-order chi connectivity index (χ1) is 26.6. The number of ether oxygens (including phenoxy) is 2. The fraction of sp³-hybridized carbons (Fsp3) is 0.465. The van der Waals surface area contributed by atoms with E-state index in [9.17, 15) is 19.2 Å². The number of pyridine rings is 1. The van der Waals surface area contributed by atoms with Crippen LogP contribution in [-0.4, -0.2) is 78.1 Å². The summed E-state index contributed by atoms with van der Waals surface area (Å²) in [5.41, 5.74) is 4.79. The number of methoxy groups -OCH3 is 1. The number of aromatic nitrogens is 2. The number of H-pyrrole nitrogens is 1. The molecule has 1 saturated carbocycles. The van der Waals surface area contributed by atoms with Gasteiger partial charge in [-0.25, -0.2) is 4.98 Å². The van der Waals surface area contributed by atoms with E-state index < -0.39 is 6.10 Å². The molecule has 0 radical (unpaired) electrons. The van der Waals surface area contributed by atoms with Crippen LogP contribution in [0.2, 0.25) is 0 Å². The molecule has 1 saturated heterocycles. The summed E-state index contributed by atoms with van der Waals surface area (Å²) < 4.78 is 11.0. The number of hydrogen-bond acceptors (Lipinski definition) is 8. The number of fused-ring (bicyclic) bond motifs is 1. The van der Waals surface area contributed by atoms with Crippen LogP contribution in [0.4, 0.5) is 0 Å². The Bertz CT molecular complexity index is 1900. The van der Waals surface area contributed by atoms with Gasteiger partial charge in [0.25, 0.3) is 5.91 Å². The largest absolute Gasteiger partial charge is 0.496 e. The van der Waals surface area contributed by atoms with Crippen molar-refractivity contribution in [3.63, 3.8) is 0 Å². The lowest BCUT2D eigenvalue weighted by Gasteiger charge is -2.26. The van der Waals surface area contributed by atoms with Crippen LogP contribution in [0, 0.1) is 6.92 Å². The molecule has 3 amide bonds. The highest BCUT2D eigenvalue weighted by atomic mass is 32.1. The molecule has 0 spiro atoms. The first kappa shape index (κ1) is 42.9. The number of rotatable bonds is 16. The number of nitrogens with zero attached hydrogens (tertiary/aromatic N) is 2. The topological polar surface area (TPSA) is 143 Å². The molecular weight excluding hydrogens is 715 g/mol. The van der Waals surface area contributed by atoms with E-state index in [-0.39, 0.29) is 23.3 Å². The van der Waals surface area contributed by atoms with Crippen LogP contribution >= 0.6 is 11.3 Å². The molecule has 4 aromatic rings. The Hall–Kier alpha value is -4.81. The number of carbonyl (C=O) groups excluding carboxylic acids is 3. The smallest absolute Gasteiger partial charge is 0.252 e. The standard InChI is InChI=1S/C17H28N2O3.C17H18N2O2S.C9H11NO/c1-3-4-5-6-12-22-13(2)17(21)19-11-7-8-15(19)16(20)18-14-9-10-14;1-9(2)13-8-22-17(19-13)12-7-14(20)11-5-6-15(21-4)10(3)16(11)18-12;11-8-10-7-6-9-4-2-1-3-5-9/h3,13-15H,1,4-12H2,2H3,(H,18,20);5-9H,1-4H3,(H,18,20);1-5,8H,6-7H2,(H,10,11)/t13-,15?;;/m1../s1. The van der Waals surface area contributed by atoms with Gasteiger partial charge in [-0.3, -0.25) is 19.2 Å². The summed E-state index contributed by atoms with van der Waals surface area (Å²) in [4.78, 5) is 56.6. The van der Waals surface area contributed by atoms with Gasteiger partial charge in [0.05, 0.1) is 24.0 Å². The van der Waals surface area contributed by atoms with E-state index in [0.29, 0.717) is 37.0 Å². The maximum absolute atomic E-state index is 12.5. The van der Waals surface area contributed by atoms with Gasteiger partial charge in [0.1, 0.15) is 22.9 Å². The third-order valence-electron chi connectivity index (χ3n) is 9.54. The van der Waals surface area contributed by atoms with Crippen molar-refractivity contribution in [2.75, 3.05) is 26.8 Å². The number of amides is 3. The van der Waals surface area contributed by atoms with E-state index in [0.717, 1.165) is 91.0 Å². The van der Waals surface area contributed by atoms with E-state index in [1.165, 1.54) is 5.56 Å². The van der Waals surface area contributed by atoms with E-state index in [2.05, 4.69) is 41.0 Å². The molecule has 11 nitrogen and oxygen atoms in total. The number of aromatic amines is 1. The van der Waals surface area contributed by atoms with Crippen LogP contribution in [0.5, 0.6) is 5.75 Å². The summed E-state index contributed by atoms with van der Waals surface area (Å²) in [6.45, 7) is 13.6. The molecule has 1 aliphatic carbocycles. The van der Waals surface area contributed by atoms with E-state index in [1.54, 1.807) is 42.4 Å². The number of allylic oxidation sites excluding steroid dienone is 1. The van der Waals surface area contributed by atoms with Crippen LogP contribution in [0.15, 0.2) is 71.4 Å². The van der Waals surface area contributed by atoms with Crippen molar-refractivity contribution in [1.29, 1.82) is 0 Å². The minimum Gasteiger partial charge on any atom is -0.496 e. The molecule has 1 aliphatic heterocycles. The third kappa shape index (κ3) is 12.9. The van der Waals surface area contributed by atoms with Crippen LogP contribution in [0.3, 0.4) is 0 Å². The van der Waals surface area contributed by atoms with Crippen LogP contribution < -0.4 is 20.8 Å². The Kier molecular flexibility index (Phi) is 17.1. The fourth-order valence-electron chi connectivity index (χ4n) is 6.15. The predicted octanol–water partition coefficient (Wildman–Crippen LogP) is 7.08. The molecule has 12 heteroatoms. The Labute approximate surface area is 328 Å². The van der Waals surface area contributed by atoms with Crippen molar-refractivity contribution >= 4 is 40.5 Å². The summed E-state index contributed by atoms with van der Waals surface area (Å²) in [6, 6.07) is 15.3. The molecule has 0 bridgehead atoms. The van der Waals surface area contributed by atoms with Crippen LogP contribution in [0.25, 0.3) is 21.6 Å². The Morgan fingerprint density at radius 1 is 1.11 bits per heavy atom. The molecule has 1 unspecified atom stereocenters. The minimum atomic E-state index is -0.474. The van der Waals surface area contributed by atoms with Crippen molar-refractivity contribution in [2.24, 2.45) is 0 Å². The zero-order chi connectivity index (χ0) is 39.7. The quantitative estimate of drug-likeness (QED) is 0.0628. The van der Waals surface area contributed by atoms with Crippen molar-refractivity contribution in [3.8, 4) is 16.5 Å². The summed E-state index contributed by atoms with van der Waals surface area (Å²) >= 11 is 1.55. The second-order valence-electron chi connectivity index (χ2n) is 14.2. The first-order valence-electron chi connectivity index (χ1n) is 19.3. The molecule has 2 fully saturated rings. The fourth-order valence-corrected chi connectivity index (χ4v) is 7.11. The van der Waals surface area contributed by atoms with E-state index >= 15 is 0 Å². The van der Waals surface area contributed by atoms with Gasteiger partial charge in [0, 0.05) is 48.1 Å². The zero-order valence-corrected chi connectivity index (χ0v) is 33.7. The van der Waals surface area contributed by atoms with Crippen LogP contribution in [-0.2, 0) is 25.5 Å². The maximum atomic E-state index is 12.5. The second-order valence-corrected chi connectivity index (χ2v) is 15.0. The number of likely N-dealkylation sites (tertiary alicyclic amines) is 1. The first-order valence-corrected chi connectivity index (χ1v) is 20.2. The summed E-state index contributed by atoms with van der Waals surface area (Å²) in [5.74, 6) is 1.09. The van der Waals surface area contributed by atoms with Gasteiger partial charge in [0.15, 0.2) is 5.43 Å². The number of benzene rings is 2. The van der Waals surface area contributed by atoms with Crippen molar-refractivity contribution < 1.29 is 23.9 Å². The average molecular weight is 772 g/mol. The molecule has 55 heavy (non-hydrogen) atoms. The van der Waals surface area contributed by atoms with Crippen LogP contribution in [0.1, 0.15) is 88.5 Å². The summed E-state index contributed by atoms with van der Waals surface area (Å²) in [5, 5.41) is 9.17. The molecule has 2 aromatic carbocycles. The van der Waals surface area contributed by atoms with Gasteiger partial charge in [-0.1, -0.05) is 50.3 Å². The monoisotopic (exact) mass is 771 g/mol. The lowest BCUT2D eigenvalue weighted by Crippen LogP contribution is -2.49. The normalized spacial score (nSPS) is 15.3. The molecule has 2 aromatic heterocycles. The van der Waals surface area contributed by atoms with Crippen molar-refractivity contribution in [3.05, 3.63) is 93.6 Å². The predicted molar refractivity (Wildman–Crippen MR) is 221 cm³/mol. The highest BCUT2D eigenvalue weighted by molar-refractivity contribution is 7.13. The molecular formula is C43H57N5O6S. The maximum Gasteiger partial charge on any atom is 0.252 e. The Morgan fingerprint density at radius 3 is 2.53 bits per heavy atom. The zero-order valence-electron chi connectivity index (χ0n) is 32.9. The van der Waals surface area contributed by atoms with E-state index in [4.69, 9.17) is 9.47 Å². The molecule has 2 aliphatic rings. The lowest BCUT2D eigenvalue weighted by atomic mass is 10.1. The highest BCUT2D eigenvalue weighted by Gasteiger charge is 2.38. The van der Waals surface area contributed by atoms with Gasteiger partial charge in [0.2, 0.25) is 12.3 Å². The highest BCUT2D eigenvalue weighted by Crippen LogP contribution is 2.29. The second kappa shape index (κ2) is 21.9. The number of hydrogen-bond donors (Lipinski definition) is 3. The number of nitrogens with one attached hydrogen (secondary N) is 3. The van der Waals surface area contributed by atoms with Gasteiger partial charge < -0.3 is 30.0 Å². The Morgan fingerprint density at radius 2 is 1.87 bits per heavy atom. The molecule has 3 heterocycles. The third-order valence-corrected chi connectivity index (χ3v) is 10.4. The number of unbranched alkanes of at least 4 members (excludes halogenated alkanes) is 2. The summed E-state index contributed by atoms with van der Waals surface area (Å²) in [7, 11) is 1.63. The molecule has 3 N–H and O–H groups in total. The number of carbonyl (C=O) groups is 3. The SMILES string of the molecule is C=CCCCCO[C@H](C)C(=O)N1CCCC1C(=O)NC1CC1.COc1ccc2c(=O)cc(-c3nc(C(C)C)cs3)[nH]c2c1C.O=CNCCc1ccccc1. The molecule has 2 atom stereocenters. The van der Waals surface area contributed by atoms with Gasteiger partial charge in [-0.05, 0) is 88.8 Å². The number of aryl methyl sites for hydroxylation is 1. The average Bonchev–Trinajstić information content (AvgIpc) is 3.62. The number of thiazole rings is 1.